The van der Waals surface area contributed by atoms with E-state index in [0.29, 0.717) is 0 Å². The van der Waals surface area contributed by atoms with Gasteiger partial charge in [-0.25, -0.2) is 4.79 Å². The standard InChI is InChI=1S/C25H30O3/c1-4-6-12-22-24-14-13-17(15-20(24)16(3)27-22)25(21(24)9-5-2)19-11-8-7-10-18(19)23(26)28-25/h7,10,12,15,17,21H,3-6,8-9,11,13-14H2,1-2H3/b22-12-/t17?,21-,24-,25?/m1/s1. The first kappa shape index (κ1) is 18.0. The molecule has 6 aliphatic rings. The molecule has 2 spiro atoms. The van der Waals surface area contributed by atoms with Crippen molar-refractivity contribution in [2.75, 3.05) is 0 Å². The van der Waals surface area contributed by atoms with E-state index in [-0.39, 0.29) is 23.2 Å². The van der Waals surface area contributed by atoms with E-state index < -0.39 is 5.60 Å². The zero-order valence-electron chi connectivity index (χ0n) is 17.1. The molecule has 3 nitrogen and oxygen atoms in total. The van der Waals surface area contributed by atoms with Crippen LogP contribution in [0.1, 0.15) is 65.2 Å². The van der Waals surface area contributed by atoms with E-state index in [4.69, 9.17) is 9.47 Å². The number of hydrogen-bond acceptors (Lipinski definition) is 3. The summed E-state index contributed by atoms with van der Waals surface area (Å²) in [6, 6.07) is 0. The second-order valence-corrected chi connectivity index (χ2v) is 8.94. The summed E-state index contributed by atoms with van der Waals surface area (Å²) in [5.41, 5.74) is 2.68. The Kier molecular flexibility index (Phi) is 4.01. The van der Waals surface area contributed by atoms with Crippen molar-refractivity contribution in [3.05, 3.63) is 59.1 Å². The lowest BCUT2D eigenvalue weighted by Crippen LogP contribution is -2.60. The largest absolute Gasteiger partial charge is 0.461 e. The first-order valence-electron chi connectivity index (χ1n) is 11.0. The maximum absolute atomic E-state index is 12.9. The highest BCUT2D eigenvalue weighted by molar-refractivity contribution is 5.96. The molecule has 0 amide bonds. The van der Waals surface area contributed by atoms with Crippen molar-refractivity contribution in [2.45, 2.75) is 70.8 Å². The lowest BCUT2D eigenvalue weighted by atomic mass is 9.46. The number of carbonyl (C=O) groups excluding carboxylic acids is 1. The van der Waals surface area contributed by atoms with Crippen LogP contribution in [0.3, 0.4) is 0 Å². The van der Waals surface area contributed by atoms with Gasteiger partial charge in [-0.15, -0.1) is 0 Å². The molecule has 148 valence electrons. The third-order valence-electron chi connectivity index (χ3n) is 7.65. The van der Waals surface area contributed by atoms with Gasteiger partial charge in [-0.3, -0.25) is 0 Å². The first-order valence-corrected chi connectivity index (χ1v) is 11.0. The van der Waals surface area contributed by atoms with Gasteiger partial charge in [0.2, 0.25) is 0 Å². The SMILES string of the molecule is C=C1O/C(=C\CCC)[C@]23CCC(C=C12)C1(OC(=O)C2=C1CCC=C2)[C@@H]3CCC. The van der Waals surface area contributed by atoms with Crippen molar-refractivity contribution in [1.82, 2.24) is 0 Å². The molecular weight excluding hydrogens is 348 g/mol. The van der Waals surface area contributed by atoms with Crippen molar-refractivity contribution in [3.63, 3.8) is 0 Å². The predicted molar refractivity (Wildman–Crippen MR) is 109 cm³/mol. The van der Waals surface area contributed by atoms with Gasteiger partial charge in [-0.2, -0.15) is 0 Å². The van der Waals surface area contributed by atoms with Gasteiger partial charge >= 0.3 is 5.97 Å². The van der Waals surface area contributed by atoms with E-state index in [1.54, 1.807) is 0 Å². The molecule has 1 saturated carbocycles. The summed E-state index contributed by atoms with van der Waals surface area (Å²) in [6.45, 7) is 8.69. The average molecular weight is 379 g/mol. The number of carbonyl (C=O) groups is 1. The summed E-state index contributed by atoms with van der Waals surface area (Å²) in [7, 11) is 0. The van der Waals surface area contributed by atoms with Crippen LogP contribution in [0, 0.1) is 17.3 Å². The molecule has 0 aromatic heterocycles. The van der Waals surface area contributed by atoms with Crippen LogP contribution in [-0.2, 0) is 14.3 Å². The zero-order valence-corrected chi connectivity index (χ0v) is 17.1. The van der Waals surface area contributed by atoms with E-state index in [2.05, 4.69) is 38.7 Å². The van der Waals surface area contributed by atoms with Crippen LogP contribution in [0.15, 0.2) is 59.1 Å². The topological polar surface area (TPSA) is 35.5 Å². The Morgan fingerprint density at radius 1 is 1.32 bits per heavy atom. The Balaban J connectivity index is 1.74. The number of esters is 1. The number of ether oxygens (including phenoxy) is 2. The van der Waals surface area contributed by atoms with Crippen LogP contribution in [0.25, 0.3) is 0 Å². The van der Waals surface area contributed by atoms with E-state index in [9.17, 15) is 4.79 Å². The second-order valence-electron chi connectivity index (χ2n) is 8.94. The fraction of sp³-hybridized carbons (Fsp3) is 0.560. The van der Waals surface area contributed by atoms with Crippen molar-refractivity contribution in [3.8, 4) is 0 Å². The summed E-state index contributed by atoms with van der Waals surface area (Å²) < 4.78 is 12.7. The second kappa shape index (κ2) is 6.23. The fourth-order valence-corrected chi connectivity index (χ4v) is 6.68. The molecule has 28 heavy (non-hydrogen) atoms. The Hall–Kier alpha value is -2.03. The minimum Gasteiger partial charge on any atom is -0.461 e. The third kappa shape index (κ3) is 2.03. The van der Waals surface area contributed by atoms with E-state index >= 15 is 0 Å². The van der Waals surface area contributed by atoms with Crippen LogP contribution >= 0.6 is 0 Å². The van der Waals surface area contributed by atoms with Gasteiger partial charge in [0, 0.05) is 17.4 Å². The number of allylic oxidation sites excluding steroid dienone is 4. The zero-order chi connectivity index (χ0) is 19.5. The molecule has 0 aromatic carbocycles. The number of fused-ring (bicyclic) bond motifs is 1. The van der Waals surface area contributed by atoms with Gasteiger partial charge in [-0.05, 0) is 50.2 Å². The third-order valence-corrected chi connectivity index (χ3v) is 7.65. The van der Waals surface area contributed by atoms with Crippen LogP contribution < -0.4 is 0 Å². The maximum Gasteiger partial charge on any atom is 0.339 e. The average Bonchev–Trinajstić information content (AvgIpc) is 3.16. The molecule has 0 aromatic rings. The molecule has 2 bridgehead atoms. The lowest BCUT2D eigenvalue weighted by molar-refractivity contribution is -0.170. The lowest BCUT2D eigenvalue weighted by Gasteiger charge is -2.58. The maximum atomic E-state index is 12.9. The molecule has 2 aliphatic heterocycles. The number of unbranched alkanes of at least 4 members (excludes halogenated alkanes) is 1. The summed E-state index contributed by atoms with van der Waals surface area (Å²) in [5, 5.41) is 0. The minimum absolute atomic E-state index is 0.122. The van der Waals surface area contributed by atoms with E-state index in [1.165, 1.54) is 11.1 Å². The van der Waals surface area contributed by atoms with Crippen LogP contribution in [0.4, 0.5) is 0 Å². The molecule has 4 aliphatic carbocycles. The van der Waals surface area contributed by atoms with E-state index in [0.717, 1.165) is 68.5 Å². The van der Waals surface area contributed by atoms with Crippen molar-refractivity contribution in [1.29, 1.82) is 0 Å². The Bertz CT molecular complexity index is 870. The minimum atomic E-state index is -0.492. The van der Waals surface area contributed by atoms with Crippen LogP contribution in [0.5, 0.6) is 0 Å². The molecule has 3 heteroatoms. The summed E-state index contributed by atoms with van der Waals surface area (Å²) in [6.07, 6.45) is 17.0. The number of rotatable bonds is 4. The van der Waals surface area contributed by atoms with Gasteiger partial charge in [0.1, 0.15) is 17.1 Å². The van der Waals surface area contributed by atoms with Gasteiger partial charge in [0.05, 0.1) is 11.0 Å². The van der Waals surface area contributed by atoms with Crippen LogP contribution in [0.2, 0.25) is 0 Å². The quantitative estimate of drug-likeness (QED) is 0.571. The fourth-order valence-electron chi connectivity index (χ4n) is 6.68. The van der Waals surface area contributed by atoms with Gasteiger partial charge < -0.3 is 9.47 Å². The van der Waals surface area contributed by atoms with Gasteiger partial charge in [0.25, 0.3) is 0 Å². The smallest absolute Gasteiger partial charge is 0.339 e. The molecular formula is C25H30O3. The molecule has 4 atom stereocenters. The summed E-state index contributed by atoms with van der Waals surface area (Å²) in [5.74, 6) is 2.22. The highest BCUT2D eigenvalue weighted by Gasteiger charge is 2.70. The molecule has 6 rings (SSSR count). The predicted octanol–water partition coefficient (Wildman–Crippen LogP) is 5.91. The molecule has 1 saturated heterocycles. The van der Waals surface area contributed by atoms with Crippen molar-refractivity contribution < 1.29 is 14.3 Å². The molecule has 2 heterocycles. The number of hydrogen-bond donors (Lipinski definition) is 0. The van der Waals surface area contributed by atoms with Crippen molar-refractivity contribution in [2.24, 2.45) is 17.3 Å². The van der Waals surface area contributed by atoms with Gasteiger partial charge in [-0.1, -0.05) is 51.5 Å². The van der Waals surface area contributed by atoms with Crippen LogP contribution in [-0.4, -0.2) is 11.6 Å². The Labute approximate surface area is 167 Å². The summed E-state index contributed by atoms with van der Waals surface area (Å²) in [4.78, 5) is 12.9. The van der Waals surface area contributed by atoms with Crippen molar-refractivity contribution >= 4 is 5.97 Å². The highest BCUT2D eigenvalue weighted by Crippen LogP contribution is 2.71. The summed E-state index contributed by atoms with van der Waals surface area (Å²) >= 11 is 0. The first-order chi connectivity index (χ1) is 13.6. The Morgan fingerprint density at radius 3 is 2.96 bits per heavy atom. The molecule has 2 unspecified atom stereocenters. The monoisotopic (exact) mass is 378 g/mol. The normalized spacial score (nSPS) is 39.4. The molecule has 2 fully saturated rings. The molecule has 0 radical (unpaired) electrons. The highest BCUT2D eigenvalue weighted by atomic mass is 16.6. The molecule has 0 N–H and O–H groups in total. The van der Waals surface area contributed by atoms with Gasteiger partial charge in [0.15, 0.2) is 0 Å². The van der Waals surface area contributed by atoms with E-state index in [1.807, 2.05) is 6.08 Å². The Morgan fingerprint density at radius 2 is 2.18 bits per heavy atom.